The van der Waals surface area contributed by atoms with Crippen LogP contribution in [-0.2, 0) is 16.3 Å². The molecule has 0 spiro atoms. The zero-order valence-electron chi connectivity index (χ0n) is 14.8. The van der Waals surface area contributed by atoms with Crippen LogP contribution in [0, 0.1) is 6.92 Å². The predicted octanol–water partition coefficient (Wildman–Crippen LogP) is 2.24. The lowest BCUT2D eigenvalue weighted by Gasteiger charge is -2.38. The van der Waals surface area contributed by atoms with Crippen LogP contribution in [0.5, 0.6) is 0 Å². The van der Waals surface area contributed by atoms with Crippen molar-refractivity contribution in [1.82, 2.24) is 19.7 Å². The summed E-state index contributed by atoms with van der Waals surface area (Å²) in [5.74, 6) is 2.32. The number of hydrogen-bond acceptors (Lipinski definition) is 5. The Morgan fingerprint density at radius 2 is 1.96 bits per heavy atom. The van der Waals surface area contributed by atoms with Crippen LogP contribution >= 0.6 is 0 Å². The second-order valence-corrected chi connectivity index (χ2v) is 9.99. The molecule has 126 valence electrons. The Kier molecular flexibility index (Phi) is 3.74. The number of aryl methyl sites for hydroxylation is 1. The molecule has 0 unspecified atom stereocenters. The van der Waals surface area contributed by atoms with Crippen LogP contribution in [0.25, 0.3) is 11.0 Å². The van der Waals surface area contributed by atoms with Crippen LogP contribution in [0.2, 0.25) is 0 Å². The molecule has 7 heteroatoms. The van der Waals surface area contributed by atoms with Crippen LogP contribution in [0.4, 0.5) is 5.82 Å². The molecule has 0 radical (unpaired) electrons. The molecule has 0 saturated carbocycles. The number of hydrogen-bond donors (Lipinski definition) is 0. The third-order valence-corrected chi connectivity index (χ3v) is 6.10. The van der Waals surface area contributed by atoms with Gasteiger partial charge in [0.25, 0.3) is 0 Å². The first-order valence-corrected chi connectivity index (χ1v) is 9.28. The average Bonchev–Trinajstić information content (AvgIpc) is 2.84. The first-order valence-electron chi connectivity index (χ1n) is 7.96. The zero-order chi connectivity index (χ0) is 17.0. The van der Waals surface area contributed by atoms with Crippen LogP contribution in [0.15, 0.2) is 6.20 Å². The van der Waals surface area contributed by atoms with E-state index in [1.165, 1.54) is 0 Å². The molecular weight excluding hydrogens is 310 g/mol. The third kappa shape index (κ3) is 2.86. The summed E-state index contributed by atoms with van der Waals surface area (Å²) in [5.41, 5.74) is 0.729. The fourth-order valence-corrected chi connectivity index (χ4v) is 4.23. The SMILES string of the molecule is Cc1nc(N2CC[S@](=O)C(C)(C)C2)c2cnn(C(C)(C)C)c2n1. The standard InChI is InChI=1S/C16H25N5OS/c1-11-18-13(20-7-8-23(22)16(5,6)10-20)12-9-17-21(14(12)19-11)15(2,3)4/h9H,7-8,10H2,1-6H3/t23-/m0/s1. The van der Waals surface area contributed by atoms with Gasteiger partial charge in [0.2, 0.25) is 0 Å². The first kappa shape index (κ1) is 16.4. The summed E-state index contributed by atoms with van der Waals surface area (Å²) in [6, 6.07) is 0. The van der Waals surface area contributed by atoms with Gasteiger partial charge in [-0.05, 0) is 41.5 Å². The van der Waals surface area contributed by atoms with Gasteiger partial charge in [-0.1, -0.05) is 0 Å². The normalized spacial score (nSPS) is 21.8. The van der Waals surface area contributed by atoms with E-state index >= 15 is 0 Å². The van der Waals surface area contributed by atoms with Crippen molar-refractivity contribution in [2.75, 3.05) is 23.7 Å². The molecule has 0 N–H and O–H groups in total. The van der Waals surface area contributed by atoms with E-state index in [4.69, 9.17) is 0 Å². The summed E-state index contributed by atoms with van der Waals surface area (Å²) in [6.45, 7) is 13.8. The van der Waals surface area contributed by atoms with E-state index in [2.05, 4.69) is 54.6 Å². The zero-order valence-corrected chi connectivity index (χ0v) is 15.6. The van der Waals surface area contributed by atoms with Crippen molar-refractivity contribution < 1.29 is 4.21 Å². The van der Waals surface area contributed by atoms with Gasteiger partial charge in [-0.25, -0.2) is 14.6 Å². The summed E-state index contributed by atoms with van der Waals surface area (Å²) < 4.78 is 13.9. The minimum Gasteiger partial charge on any atom is -0.354 e. The van der Waals surface area contributed by atoms with Crippen molar-refractivity contribution in [2.45, 2.75) is 51.8 Å². The minimum atomic E-state index is -0.799. The van der Waals surface area contributed by atoms with Gasteiger partial charge in [0.05, 0.1) is 21.9 Å². The molecule has 1 aliphatic rings. The largest absolute Gasteiger partial charge is 0.354 e. The Hall–Kier alpha value is -1.50. The molecule has 0 aromatic carbocycles. The van der Waals surface area contributed by atoms with Crippen molar-refractivity contribution >= 4 is 27.7 Å². The van der Waals surface area contributed by atoms with Crippen LogP contribution in [-0.4, -0.2) is 47.5 Å². The number of nitrogens with zero attached hydrogens (tertiary/aromatic N) is 5. The van der Waals surface area contributed by atoms with Crippen molar-refractivity contribution in [3.63, 3.8) is 0 Å². The summed E-state index contributed by atoms with van der Waals surface area (Å²) in [5, 5.41) is 5.51. The highest BCUT2D eigenvalue weighted by atomic mass is 32.2. The van der Waals surface area contributed by atoms with E-state index in [0.29, 0.717) is 5.75 Å². The van der Waals surface area contributed by atoms with Gasteiger partial charge in [0.1, 0.15) is 11.6 Å². The highest BCUT2D eigenvalue weighted by Gasteiger charge is 2.35. The quantitative estimate of drug-likeness (QED) is 0.800. The molecular formula is C16H25N5OS. The Morgan fingerprint density at radius 1 is 1.26 bits per heavy atom. The van der Waals surface area contributed by atoms with Crippen molar-refractivity contribution in [1.29, 1.82) is 0 Å². The van der Waals surface area contributed by atoms with Crippen LogP contribution < -0.4 is 4.90 Å². The molecule has 1 fully saturated rings. The molecule has 2 aromatic rings. The van der Waals surface area contributed by atoms with Gasteiger partial charge < -0.3 is 4.90 Å². The molecule has 1 saturated heterocycles. The minimum absolute atomic E-state index is 0.136. The summed E-state index contributed by atoms with van der Waals surface area (Å²) in [4.78, 5) is 11.5. The molecule has 0 amide bonds. The van der Waals surface area contributed by atoms with Crippen molar-refractivity contribution in [3.05, 3.63) is 12.0 Å². The Bertz CT molecular complexity index is 775. The molecule has 3 rings (SSSR count). The number of rotatable bonds is 1. The smallest absolute Gasteiger partial charge is 0.164 e. The van der Waals surface area contributed by atoms with E-state index in [1.807, 2.05) is 17.8 Å². The van der Waals surface area contributed by atoms with Gasteiger partial charge in [-0.3, -0.25) is 4.21 Å². The van der Waals surface area contributed by atoms with Crippen molar-refractivity contribution in [2.24, 2.45) is 0 Å². The topological polar surface area (TPSA) is 63.9 Å². The van der Waals surface area contributed by atoms with Gasteiger partial charge in [-0.15, -0.1) is 0 Å². The highest BCUT2D eigenvalue weighted by Crippen LogP contribution is 2.30. The predicted molar refractivity (Wildman–Crippen MR) is 94.4 cm³/mol. The molecule has 23 heavy (non-hydrogen) atoms. The molecule has 0 aliphatic carbocycles. The molecule has 3 heterocycles. The molecule has 1 aliphatic heterocycles. The lowest BCUT2D eigenvalue weighted by Crippen LogP contribution is -2.50. The van der Waals surface area contributed by atoms with Gasteiger partial charge in [0, 0.05) is 29.6 Å². The number of anilines is 1. The van der Waals surface area contributed by atoms with E-state index in [9.17, 15) is 4.21 Å². The Morgan fingerprint density at radius 3 is 2.57 bits per heavy atom. The Labute approximate surface area is 139 Å². The number of aromatic nitrogens is 4. The van der Waals surface area contributed by atoms with Crippen molar-refractivity contribution in [3.8, 4) is 0 Å². The molecule has 1 atom stereocenters. The van der Waals surface area contributed by atoms with Crippen LogP contribution in [0.1, 0.15) is 40.4 Å². The maximum absolute atomic E-state index is 12.2. The van der Waals surface area contributed by atoms with Gasteiger partial charge in [0.15, 0.2) is 5.65 Å². The third-order valence-electron chi connectivity index (χ3n) is 4.19. The molecule has 0 bridgehead atoms. The van der Waals surface area contributed by atoms with Crippen LogP contribution in [0.3, 0.4) is 0 Å². The maximum atomic E-state index is 12.2. The average molecular weight is 335 g/mol. The second kappa shape index (κ2) is 5.26. The van der Waals surface area contributed by atoms with Gasteiger partial charge >= 0.3 is 0 Å². The van der Waals surface area contributed by atoms with E-state index in [0.717, 1.165) is 35.8 Å². The van der Waals surface area contributed by atoms with Gasteiger partial charge in [-0.2, -0.15) is 5.10 Å². The highest BCUT2D eigenvalue weighted by molar-refractivity contribution is 7.86. The summed E-state index contributed by atoms with van der Waals surface area (Å²) in [6.07, 6.45) is 1.86. The fourth-order valence-electron chi connectivity index (χ4n) is 2.99. The summed E-state index contributed by atoms with van der Waals surface area (Å²) >= 11 is 0. The van der Waals surface area contributed by atoms with E-state index in [-0.39, 0.29) is 10.3 Å². The summed E-state index contributed by atoms with van der Waals surface area (Å²) in [7, 11) is -0.799. The van der Waals surface area contributed by atoms with E-state index < -0.39 is 10.8 Å². The molecule has 6 nitrogen and oxygen atoms in total. The monoisotopic (exact) mass is 335 g/mol. The molecule has 2 aromatic heterocycles. The lowest BCUT2D eigenvalue weighted by atomic mass is 10.1. The number of fused-ring (bicyclic) bond motifs is 1. The fraction of sp³-hybridized carbons (Fsp3) is 0.688. The van der Waals surface area contributed by atoms with E-state index in [1.54, 1.807) is 0 Å². The lowest BCUT2D eigenvalue weighted by molar-refractivity contribution is 0.365. The second-order valence-electron chi connectivity index (χ2n) is 7.79. The maximum Gasteiger partial charge on any atom is 0.164 e. The Balaban J connectivity index is 2.12. The first-order chi connectivity index (χ1) is 10.6.